The molecule has 2 aromatic rings. The van der Waals surface area contributed by atoms with Crippen LogP contribution in [0.15, 0.2) is 18.2 Å². The molecule has 0 radical (unpaired) electrons. The van der Waals surface area contributed by atoms with Gasteiger partial charge in [-0.25, -0.2) is 0 Å². The van der Waals surface area contributed by atoms with E-state index in [0.717, 1.165) is 17.5 Å². The molecule has 0 aliphatic heterocycles. The van der Waals surface area contributed by atoms with Crippen LogP contribution in [0.3, 0.4) is 0 Å². The van der Waals surface area contributed by atoms with Crippen LogP contribution < -0.4 is 5.32 Å². The van der Waals surface area contributed by atoms with E-state index in [1.165, 1.54) is 6.92 Å². The van der Waals surface area contributed by atoms with Gasteiger partial charge in [-0.15, -0.1) is 0 Å². The highest BCUT2D eigenvalue weighted by Gasteiger charge is 2.31. The summed E-state index contributed by atoms with van der Waals surface area (Å²) in [7, 11) is 0. The highest BCUT2D eigenvalue weighted by molar-refractivity contribution is 6.30. The largest absolute Gasteiger partial charge is 0.391 e. The number of amides is 1. The molecule has 1 amide bonds. The lowest BCUT2D eigenvalue weighted by Gasteiger charge is -2.31. The molecule has 138 valence electrons. The average Bonchev–Trinajstić information content (AvgIpc) is 2.94. The minimum atomic E-state index is -0.682. The number of fused-ring (bicyclic) bond motifs is 1. The second-order valence-electron chi connectivity index (χ2n) is 6.79. The summed E-state index contributed by atoms with van der Waals surface area (Å²) < 4.78 is 0. The number of Topliss-reactive ketones (excluding diaryl/α,β-unsaturated/α-hetero) is 1. The van der Waals surface area contributed by atoms with Crippen LogP contribution in [0.2, 0.25) is 5.02 Å². The van der Waals surface area contributed by atoms with Crippen molar-refractivity contribution in [1.82, 2.24) is 10.3 Å². The highest BCUT2D eigenvalue weighted by Crippen LogP contribution is 2.32. The Bertz CT molecular complexity index is 872. The maximum atomic E-state index is 12.9. The first-order chi connectivity index (χ1) is 12.3. The molecule has 1 aromatic heterocycles. The van der Waals surface area contributed by atoms with Crippen molar-refractivity contribution in [3.63, 3.8) is 0 Å². The van der Waals surface area contributed by atoms with Crippen LogP contribution in [0.5, 0.6) is 0 Å². The summed E-state index contributed by atoms with van der Waals surface area (Å²) in [6.45, 7) is 5.20. The molecule has 1 aliphatic carbocycles. The standard InChI is InChI=1S/C20H23ClN2O3/c1-4-14-17(11(3)24)10(2)22-19(14)20(26)23-18-15-9-13(21)7-5-12(15)6-8-16(18)25/h5,7,9,16,18,22,25H,4,6,8H2,1-3H3,(H,23,26). The molecular weight excluding hydrogens is 352 g/mol. The monoisotopic (exact) mass is 374 g/mol. The number of benzene rings is 1. The molecule has 0 saturated carbocycles. The van der Waals surface area contributed by atoms with E-state index in [0.29, 0.717) is 40.4 Å². The first-order valence-electron chi connectivity index (χ1n) is 8.83. The zero-order chi connectivity index (χ0) is 19.0. The summed E-state index contributed by atoms with van der Waals surface area (Å²) in [5.74, 6) is -0.390. The van der Waals surface area contributed by atoms with Gasteiger partial charge in [0.15, 0.2) is 5.78 Å². The van der Waals surface area contributed by atoms with E-state index in [1.807, 2.05) is 19.1 Å². The van der Waals surface area contributed by atoms with Crippen molar-refractivity contribution in [2.45, 2.75) is 52.2 Å². The van der Waals surface area contributed by atoms with Gasteiger partial charge < -0.3 is 15.4 Å². The van der Waals surface area contributed by atoms with Gasteiger partial charge in [-0.3, -0.25) is 9.59 Å². The molecule has 26 heavy (non-hydrogen) atoms. The minimum Gasteiger partial charge on any atom is -0.391 e. The second-order valence-corrected chi connectivity index (χ2v) is 7.23. The molecular formula is C20H23ClN2O3. The van der Waals surface area contributed by atoms with E-state index in [2.05, 4.69) is 10.3 Å². The van der Waals surface area contributed by atoms with Crippen LogP contribution in [0.1, 0.15) is 69.5 Å². The first-order valence-corrected chi connectivity index (χ1v) is 9.20. The number of aliphatic hydroxyl groups excluding tert-OH is 1. The van der Waals surface area contributed by atoms with Crippen LogP contribution >= 0.6 is 11.6 Å². The Labute approximate surface area is 157 Å². The predicted molar refractivity (Wildman–Crippen MR) is 101 cm³/mol. The fourth-order valence-corrected chi connectivity index (χ4v) is 4.03. The summed E-state index contributed by atoms with van der Waals surface area (Å²) in [6, 6.07) is 5.03. The zero-order valence-electron chi connectivity index (χ0n) is 15.1. The van der Waals surface area contributed by atoms with Gasteiger partial charge in [-0.1, -0.05) is 24.6 Å². The van der Waals surface area contributed by atoms with Crippen molar-refractivity contribution in [1.29, 1.82) is 0 Å². The van der Waals surface area contributed by atoms with Gasteiger partial charge in [0.1, 0.15) is 5.69 Å². The summed E-state index contributed by atoms with van der Waals surface area (Å²) in [6.07, 6.45) is 1.20. The lowest BCUT2D eigenvalue weighted by molar-refractivity contribution is 0.0787. The van der Waals surface area contributed by atoms with Crippen molar-refractivity contribution < 1.29 is 14.7 Å². The van der Waals surface area contributed by atoms with Crippen molar-refractivity contribution in [3.05, 3.63) is 56.9 Å². The molecule has 1 aliphatic rings. The maximum absolute atomic E-state index is 12.9. The fourth-order valence-electron chi connectivity index (χ4n) is 3.85. The van der Waals surface area contributed by atoms with Crippen LogP contribution in [0.4, 0.5) is 0 Å². The Hall–Kier alpha value is -2.11. The van der Waals surface area contributed by atoms with Crippen LogP contribution in [-0.4, -0.2) is 27.9 Å². The number of nitrogens with one attached hydrogen (secondary N) is 2. The third-order valence-electron chi connectivity index (χ3n) is 5.05. The Balaban J connectivity index is 1.95. The van der Waals surface area contributed by atoms with Gasteiger partial charge in [-0.05, 0) is 61.9 Å². The Kier molecular flexibility index (Phi) is 5.21. The van der Waals surface area contributed by atoms with Gasteiger partial charge in [0.25, 0.3) is 5.91 Å². The Morgan fingerprint density at radius 1 is 1.38 bits per heavy atom. The van der Waals surface area contributed by atoms with Gasteiger partial charge in [0, 0.05) is 16.3 Å². The smallest absolute Gasteiger partial charge is 0.268 e. The molecule has 2 unspecified atom stereocenters. The maximum Gasteiger partial charge on any atom is 0.268 e. The van der Waals surface area contributed by atoms with E-state index in [-0.39, 0.29) is 11.7 Å². The third-order valence-corrected chi connectivity index (χ3v) is 5.28. The molecule has 3 rings (SSSR count). The van der Waals surface area contributed by atoms with Crippen LogP contribution in [0.25, 0.3) is 0 Å². The molecule has 0 bridgehead atoms. The highest BCUT2D eigenvalue weighted by atomic mass is 35.5. The number of rotatable bonds is 4. The molecule has 1 heterocycles. The predicted octanol–water partition coefficient (Wildman–Crippen LogP) is 3.52. The number of carbonyl (C=O) groups excluding carboxylic acids is 2. The van der Waals surface area contributed by atoms with E-state index in [9.17, 15) is 14.7 Å². The molecule has 5 nitrogen and oxygen atoms in total. The number of aromatic amines is 1. The number of ketones is 1. The quantitative estimate of drug-likeness (QED) is 0.716. The summed E-state index contributed by atoms with van der Waals surface area (Å²) in [4.78, 5) is 27.9. The lowest BCUT2D eigenvalue weighted by Crippen LogP contribution is -2.39. The Morgan fingerprint density at radius 3 is 2.77 bits per heavy atom. The van der Waals surface area contributed by atoms with Crippen molar-refractivity contribution in [2.75, 3.05) is 0 Å². The van der Waals surface area contributed by atoms with E-state index in [1.54, 1.807) is 13.0 Å². The van der Waals surface area contributed by atoms with Crippen molar-refractivity contribution >= 4 is 23.3 Å². The zero-order valence-corrected chi connectivity index (χ0v) is 15.9. The van der Waals surface area contributed by atoms with E-state index in [4.69, 9.17) is 11.6 Å². The molecule has 0 fully saturated rings. The number of carbonyl (C=O) groups is 2. The number of halogens is 1. The molecule has 6 heteroatoms. The number of aryl methyl sites for hydroxylation is 2. The van der Waals surface area contributed by atoms with Gasteiger partial charge >= 0.3 is 0 Å². The van der Waals surface area contributed by atoms with Crippen LogP contribution in [-0.2, 0) is 12.8 Å². The minimum absolute atomic E-state index is 0.0653. The van der Waals surface area contributed by atoms with E-state index >= 15 is 0 Å². The number of hydrogen-bond acceptors (Lipinski definition) is 3. The first kappa shape index (κ1) is 18.7. The molecule has 0 spiro atoms. The van der Waals surface area contributed by atoms with Gasteiger partial charge in [0.2, 0.25) is 0 Å². The van der Waals surface area contributed by atoms with Crippen molar-refractivity contribution in [2.24, 2.45) is 0 Å². The Morgan fingerprint density at radius 2 is 2.12 bits per heavy atom. The fraction of sp³-hybridized carbons (Fsp3) is 0.400. The average molecular weight is 375 g/mol. The summed E-state index contributed by atoms with van der Waals surface area (Å²) in [5.41, 5.74) is 4.28. The van der Waals surface area contributed by atoms with Gasteiger partial charge in [-0.2, -0.15) is 0 Å². The second kappa shape index (κ2) is 7.25. The van der Waals surface area contributed by atoms with Crippen molar-refractivity contribution in [3.8, 4) is 0 Å². The van der Waals surface area contributed by atoms with E-state index < -0.39 is 12.1 Å². The summed E-state index contributed by atoms with van der Waals surface area (Å²) >= 11 is 6.11. The normalized spacial score (nSPS) is 19.1. The number of aromatic nitrogens is 1. The number of aliphatic hydroxyl groups is 1. The molecule has 2 atom stereocenters. The molecule has 1 aromatic carbocycles. The topological polar surface area (TPSA) is 82.2 Å². The van der Waals surface area contributed by atoms with Gasteiger partial charge in [0.05, 0.1) is 12.1 Å². The molecule has 3 N–H and O–H groups in total. The number of H-pyrrole nitrogens is 1. The summed E-state index contributed by atoms with van der Waals surface area (Å²) in [5, 5.41) is 14.0. The third kappa shape index (κ3) is 3.29. The number of hydrogen-bond donors (Lipinski definition) is 3. The lowest BCUT2D eigenvalue weighted by atomic mass is 9.85. The van der Waals surface area contributed by atoms with Crippen LogP contribution in [0, 0.1) is 6.92 Å². The molecule has 0 saturated heterocycles. The SMILES string of the molecule is CCc1c(C(=O)NC2c3cc(Cl)ccc3CCC2O)[nH]c(C)c1C(C)=O.